The van der Waals surface area contributed by atoms with Crippen LogP contribution < -0.4 is 10.6 Å². The Kier molecular flexibility index (Phi) is 6.37. The van der Waals surface area contributed by atoms with Crippen LogP contribution >= 0.6 is 0 Å². The first-order valence-corrected chi connectivity index (χ1v) is 7.28. The number of aliphatic hydroxyl groups excluding tert-OH is 1. The molecule has 122 valence electrons. The number of rotatable bonds is 7. The zero-order valence-corrected chi connectivity index (χ0v) is 13.2. The van der Waals surface area contributed by atoms with Crippen molar-refractivity contribution < 1.29 is 19.8 Å². The molecular formula is C16H24N2O4. The van der Waals surface area contributed by atoms with Crippen molar-refractivity contribution in [3.8, 4) is 0 Å². The van der Waals surface area contributed by atoms with Gasteiger partial charge >= 0.3 is 6.09 Å². The van der Waals surface area contributed by atoms with Gasteiger partial charge in [-0.3, -0.25) is 4.79 Å². The maximum Gasteiger partial charge on any atom is 0.404 e. The number of hydrogen-bond acceptors (Lipinski definition) is 3. The number of carboxylic acid groups (broad SMARTS) is 1. The maximum absolute atomic E-state index is 12.1. The smallest absolute Gasteiger partial charge is 0.404 e. The lowest BCUT2D eigenvalue weighted by molar-refractivity contribution is -0.132. The minimum atomic E-state index is -1.46. The van der Waals surface area contributed by atoms with Gasteiger partial charge in [0.2, 0.25) is 0 Å². The molecule has 0 saturated carbocycles. The van der Waals surface area contributed by atoms with Crippen LogP contribution in [0.5, 0.6) is 0 Å². The van der Waals surface area contributed by atoms with Crippen LogP contribution in [0, 0.1) is 0 Å². The van der Waals surface area contributed by atoms with E-state index >= 15 is 0 Å². The van der Waals surface area contributed by atoms with Gasteiger partial charge in [-0.05, 0) is 32.3 Å². The van der Waals surface area contributed by atoms with Crippen molar-refractivity contribution in [1.82, 2.24) is 10.6 Å². The Morgan fingerprint density at radius 1 is 1.23 bits per heavy atom. The summed E-state index contributed by atoms with van der Waals surface area (Å²) < 4.78 is 0. The van der Waals surface area contributed by atoms with Crippen LogP contribution in [-0.2, 0) is 11.2 Å². The molecule has 1 aromatic carbocycles. The summed E-state index contributed by atoms with van der Waals surface area (Å²) in [4.78, 5) is 23.1. The van der Waals surface area contributed by atoms with E-state index in [9.17, 15) is 14.7 Å². The average molecular weight is 308 g/mol. The second-order valence-corrected chi connectivity index (χ2v) is 5.92. The van der Waals surface area contributed by atoms with Gasteiger partial charge < -0.3 is 20.8 Å². The Bertz CT molecular complexity index is 502. The second-order valence-electron chi connectivity index (χ2n) is 5.92. The minimum Gasteiger partial charge on any atom is -0.465 e. The molecule has 0 aliphatic rings. The van der Waals surface area contributed by atoms with E-state index in [0.29, 0.717) is 6.42 Å². The third-order valence-electron chi connectivity index (χ3n) is 3.60. The molecule has 6 heteroatoms. The van der Waals surface area contributed by atoms with Gasteiger partial charge in [-0.1, -0.05) is 37.3 Å². The molecule has 6 nitrogen and oxygen atoms in total. The summed E-state index contributed by atoms with van der Waals surface area (Å²) in [5.74, 6) is -0.582. The Hall–Kier alpha value is -2.08. The summed E-state index contributed by atoms with van der Waals surface area (Å²) in [5.41, 5.74) is 0.376. The van der Waals surface area contributed by atoms with Crippen molar-refractivity contribution in [1.29, 1.82) is 0 Å². The molecule has 4 N–H and O–H groups in total. The standard InChI is InChI=1S/C16H24N2O4/c1-4-16(2,3)18-14(20)13(19)12(17-15(21)22)10-11-8-6-5-7-9-11/h5-9,12-13,17,19H,4,10H2,1-3H3,(H,18,20)(H,21,22)/t12-,13?/m0/s1. The van der Waals surface area contributed by atoms with E-state index in [-0.39, 0.29) is 6.42 Å². The highest BCUT2D eigenvalue weighted by atomic mass is 16.4. The van der Waals surface area contributed by atoms with Gasteiger partial charge in [-0.25, -0.2) is 4.79 Å². The van der Waals surface area contributed by atoms with Crippen LogP contribution in [0.3, 0.4) is 0 Å². The summed E-state index contributed by atoms with van der Waals surface area (Å²) in [5, 5.41) is 24.1. The molecule has 0 aliphatic heterocycles. The fraction of sp³-hybridized carbons (Fsp3) is 0.500. The number of aliphatic hydroxyl groups is 1. The van der Waals surface area contributed by atoms with Crippen molar-refractivity contribution in [2.75, 3.05) is 0 Å². The normalized spacial score (nSPS) is 14.0. The molecule has 0 aromatic heterocycles. The molecule has 1 aromatic rings. The Balaban J connectivity index is 2.82. The van der Waals surface area contributed by atoms with Crippen LogP contribution in [0.25, 0.3) is 0 Å². The van der Waals surface area contributed by atoms with Crippen LogP contribution in [-0.4, -0.2) is 39.9 Å². The summed E-state index contributed by atoms with van der Waals surface area (Å²) in [6.07, 6.45) is -1.81. The van der Waals surface area contributed by atoms with E-state index < -0.39 is 29.7 Å². The van der Waals surface area contributed by atoms with Gasteiger partial charge in [0.15, 0.2) is 6.10 Å². The zero-order valence-electron chi connectivity index (χ0n) is 13.2. The number of benzene rings is 1. The van der Waals surface area contributed by atoms with Gasteiger partial charge in [-0.2, -0.15) is 0 Å². The van der Waals surface area contributed by atoms with E-state index in [2.05, 4.69) is 10.6 Å². The molecule has 0 radical (unpaired) electrons. The van der Waals surface area contributed by atoms with E-state index in [1.165, 1.54) is 0 Å². The van der Waals surface area contributed by atoms with Crippen molar-refractivity contribution in [2.24, 2.45) is 0 Å². The second kappa shape index (κ2) is 7.79. The molecule has 2 atom stereocenters. The fourth-order valence-electron chi connectivity index (χ4n) is 1.95. The highest BCUT2D eigenvalue weighted by Crippen LogP contribution is 2.10. The zero-order chi connectivity index (χ0) is 16.8. The van der Waals surface area contributed by atoms with Crippen LogP contribution in [0.1, 0.15) is 32.8 Å². The number of nitrogens with one attached hydrogen (secondary N) is 2. The molecule has 0 bridgehead atoms. The highest BCUT2D eigenvalue weighted by Gasteiger charge is 2.30. The van der Waals surface area contributed by atoms with Crippen molar-refractivity contribution in [3.63, 3.8) is 0 Å². The lowest BCUT2D eigenvalue weighted by Crippen LogP contribution is -2.55. The average Bonchev–Trinajstić information content (AvgIpc) is 2.46. The predicted octanol–water partition coefficient (Wildman–Crippen LogP) is 1.53. The fourth-order valence-corrected chi connectivity index (χ4v) is 1.95. The molecule has 2 amide bonds. The monoisotopic (exact) mass is 308 g/mol. The molecule has 0 fully saturated rings. The first-order valence-electron chi connectivity index (χ1n) is 7.28. The largest absolute Gasteiger partial charge is 0.465 e. The van der Waals surface area contributed by atoms with Crippen LogP contribution in [0.4, 0.5) is 4.79 Å². The highest BCUT2D eigenvalue weighted by molar-refractivity contribution is 5.82. The number of amides is 2. The van der Waals surface area contributed by atoms with E-state index in [4.69, 9.17) is 5.11 Å². The van der Waals surface area contributed by atoms with Gasteiger partial charge in [-0.15, -0.1) is 0 Å². The predicted molar refractivity (Wildman–Crippen MR) is 83.6 cm³/mol. The Labute approximate surface area is 130 Å². The van der Waals surface area contributed by atoms with E-state index in [1.54, 1.807) is 0 Å². The summed E-state index contributed by atoms with van der Waals surface area (Å²) in [7, 11) is 0. The molecule has 1 rings (SSSR count). The summed E-state index contributed by atoms with van der Waals surface area (Å²) >= 11 is 0. The van der Waals surface area contributed by atoms with Gasteiger partial charge in [0.05, 0.1) is 6.04 Å². The molecule has 0 aliphatic carbocycles. The third kappa shape index (κ3) is 5.73. The van der Waals surface area contributed by atoms with E-state index in [0.717, 1.165) is 5.56 Å². The molecule has 0 spiro atoms. The lowest BCUT2D eigenvalue weighted by Gasteiger charge is -2.29. The minimum absolute atomic E-state index is 0.230. The molecule has 1 unspecified atom stereocenters. The van der Waals surface area contributed by atoms with Gasteiger partial charge in [0.1, 0.15) is 0 Å². The maximum atomic E-state index is 12.1. The Morgan fingerprint density at radius 2 is 1.82 bits per heavy atom. The first-order chi connectivity index (χ1) is 10.2. The SMILES string of the molecule is CCC(C)(C)NC(=O)C(O)[C@H](Cc1ccccc1)NC(=O)O. The van der Waals surface area contributed by atoms with Crippen LogP contribution in [0.2, 0.25) is 0 Å². The van der Waals surface area contributed by atoms with Crippen molar-refractivity contribution >= 4 is 12.0 Å². The van der Waals surface area contributed by atoms with Crippen LogP contribution in [0.15, 0.2) is 30.3 Å². The molecule has 0 saturated heterocycles. The first kappa shape index (κ1) is 18.0. The van der Waals surface area contributed by atoms with E-state index in [1.807, 2.05) is 51.1 Å². The van der Waals surface area contributed by atoms with Crippen molar-refractivity contribution in [2.45, 2.75) is 51.3 Å². The number of hydrogen-bond donors (Lipinski definition) is 4. The number of carbonyl (C=O) groups excluding carboxylic acids is 1. The molecule has 0 heterocycles. The summed E-state index contributed by atoms with van der Waals surface area (Å²) in [6, 6.07) is 8.21. The topological polar surface area (TPSA) is 98.7 Å². The Morgan fingerprint density at radius 3 is 2.32 bits per heavy atom. The number of carbonyl (C=O) groups is 2. The third-order valence-corrected chi connectivity index (χ3v) is 3.60. The molecule has 22 heavy (non-hydrogen) atoms. The van der Waals surface area contributed by atoms with Gasteiger partial charge in [0.25, 0.3) is 5.91 Å². The lowest BCUT2D eigenvalue weighted by atomic mass is 9.98. The van der Waals surface area contributed by atoms with Gasteiger partial charge in [0, 0.05) is 5.54 Å². The summed E-state index contributed by atoms with van der Waals surface area (Å²) in [6.45, 7) is 5.60. The van der Waals surface area contributed by atoms with Crippen molar-refractivity contribution in [3.05, 3.63) is 35.9 Å². The quantitative estimate of drug-likeness (QED) is 0.614. The molecular weight excluding hydrogens is 284 g/mol.